The van der Waals surface area contributed by atoms with Crippen LogP contribution in [0.25, 0.3) is 28.1 Å². The highest BCUT2D eigenvalue weighted by Gasteiger charge is 2.10. The fourth-order valence-corrected chi connectivity index (χ4v) is 3.43. The molecule has 2 N–H and O–H groups in total. The Morgan fingerprint density at radius 3 is 2.48 bits per heavy atom. The Bertz CT molecular complexity index is 1040. The number of fused-ring (bicyclic) bond motifs is 1. The van der Waals surface area contributed by atoms with E-state index in [-0.39, 0.29) is 11.9 Å². The van der Waals surface area contributed by atoms with Gasteiger partial charge in [0.2, 0.25) is 5.91 Å². The molecule has 27 heavy (non-hydrogen) atoms. The van der Waals surface area contributed by atoms with E-state index in [4.69, 9.17) is 0 Å². The van der Waals surface area contributed by atoms with Crippen LogP contribution < -0.4 is 5.32 Å². The first kappa shape index (κ1) is 19.0. The fourth-order valence-electron chi connectivity index (χ4n) is 3.43. The van der Waals surface area contributed by atoms with Crippen molar-refractivity contribution in [3.05, 3.63) is 64.4 Å². The van der Waals surface area contributed by atoms with Crippen molar-refractivity contribution < 1.29 is 4.79 Å². The normalized spacial score (nSPS) is 12.0. The second-order valence-corrected chi connectivity index (χ2v) is 7.73. The van der Waals surface area contributed by atoms with Crippen LogP contribution in [0.1, 0.15) is 43.2 Å². The van der Waals surface area contributed by atoms with Crippen molar-refractivity contribution in [1.82, 2.24) is 10.3 Å². The van der Waals surface area contributed by atoms with Gasteiger partial charge in [-0.15, -0.1) is 0 Å². The zero-order valence-electron chi connectivity index (χ0n) is 17.0. The van der Waals surface area contributed by atoms with Crippen LogP contribution in [0.4, 0.5) is 0 Å². The minimum atomic E-state index is -0.0144. The third kappa shape index (κ3) is 4.13. The van der Waals surface area contributed by atoms with Crippen LogP contribution in [0.3, 0.4) is 0 Å². The number of carbonyl (C=O) groups excluding carboxylic acids is 1. The fraction of sp³-hybridized carbons (Fsp3) is 0.292. The third-order valence-electron chi connectivity index (χ3n) is 4.83. The van der Waals surface area contributed by atoms with Crippen LogP contribution in [0.15, 0.2) is 42.0 Å². The van der Waals surface area contributed by atoms with Crippen LogP contribution >= 0.6 is 0 Å². The van der Waals surface area contributed by atoms with E-state index >= 15 is 0 Å². The molecule has 0 aliphatic rings. The molecule has 0 fully saturated rings. The zero-order valence-corrected chi connectivity index (χ0v) is 17.0. The number of amides is 1. The van der Waals surface area contributed by atoms with E-state index in [0.29, 0.717) is 0 Å². The summed E-state index contributed by atoms with van der Waals surface area (Å²) in [6, 6.07) is 13.2. The summed E-state index contributed by atoms with van der Waals surface area (Å²) in [6.07, 6.45) is 1.97. The maximum atomic E-state index is 12.2. The number of aromatic amines is 1. The highest BCUT2D eigenvalue weighted by molar-refractivity contribution is 5.97. The number of hydrogen-bond donors (Lipinski definition) is 2. The van der Waals surface area contributed by atoms with Gasteiger partial charge in [-0.25, -0.2) is 0 Å². The van der Waals surface area contributed by atoms with E-state index in [1.54, 1.807) is 0 Å². The Kier molecular flexibility index (Phi) is 5.22. The number of aryl methyl sites for hydroxylation is 3. The molecular weight excluding hydrogens is 332 g/mol. The van der Waals surface area contributed by atoms with Gasteiger partial charge in [0.1, 0.15) is 0 Å². The van der Waals surface area contributed by atoms with Crippen LogP contribution in [-0.4, -0.2) is 16.9 Å². The van der Waals surface area contributed by atoms with Crippen molar-refractivity contribution in [3.63, 3.8) is 0 Å². The Balaban J connectivity index is 1.97. The van der Waals surface area contributed by atoms with Gasteiger partial charge < -0.3 is 10.3 Å². The van der Waals surface area contributed by atoms with E-state index in [1.165, 1.54) is 27.8 Å². The molecule has 0 saturated heterocycles. The van der Waals surface area contributed by atoms with Crippen molar-refractivity contribution in [1.29, 1.82) is 0 Å². The predicted octanol–water partition coefficient (Wildman–Crippen LogP) is 5.69. The highest BCUT2D eigenvalue weighted by Crippen LogP contribution is 2.30. The maximum Gasteiger partial charge on any atom is 0.247 e. The second kappa shape index (κ2) is 7.43. The smallest absolute Gasteiger partial charge is 0.247 e. The average Bonchev–Trinajstić information content (AvgIpc) is 2.96. The Hall–Kier alpha value is -2.81. The van der Waals surface area contributed by atoms with Gasteiger partial charge in [-0.2, -0.15) is 0 Å². The first-order valence-electron chi connectivity index (χ1n) is 9.44. The molecule has 3 rings (SSSR count). The standard InChI is InChI=1S/C24H28N2O/c1-14(2)25-24(27)17(5)10-20-9-16(4)22(11-15(20)3)19-7-8-23-21(13-19)12-18(6)26-23/h7-14,26H,1-6H3,(H,25,27). The minimum Gasteiger partial charge on any atom is -0.359 e. The third-order valence-corrected chi connectivity index (χ3v) is 4.83. The molecule has 3 heteroatoms. The molecule has 0 saturated carbocycles. The van der Waals surface area contributed by atoms with Crippen molar-refractivity contribution in [3.8, 4) is 11.1 Å². The summed E-state index contributed by atoms with van der Waals surface area (Å²) in [7, 11) is 0. The second-order valence-electron chi connectivity index (χ2n) is 7.73. The quantitative estimate of drug-likeness (QED) is 0.577. The first-order valence-corrected chi connectivity index (χ1v) is 9.44. The number of benzene rings is 2. The van der Waals surface area contributed by atoms with E-state index < -0.39 is 0 Å². The molecule has 3 aromatic rings. The largest absolute Gasteiger partial charge is 0.359 e. The molecule has 1 amide bonds. The molecule has 1 heterocycles. The number of rotatable bonds is 4. The summed E-state index contributed by atoms with van der Waals surface area (Å²) in [4.78, 5) is 15.6. The molecule has 0 bridgehead atoms. The van der Waals surface area contributed by atoms with Crippen molar-refractivity contribution >= 4 is 22.9 Å². The number of nitrogens with one attached hydrogen (secondary N) is 2. The maximum absolute atomic E-state index is 12.2. The summed E-state index contributed by atoms with van der Waals surface area (Å²) in [5, 5.41) is 4.17. The van der Waals surface area contributed by atoms with E-state index in [9.17, 15) is 4.79 Å². The predicted molar refractivity (Wildman–Crippen MR) is 115 cm³/mol. The number of hydrogen-bond acceptors (Lipinski definition) is 1. The van der Waals surface area contributed by atoms with Gasteiger partial charge in [0.25, 0.3) is 0 Å². The Morgan fingerprint density at radius 2 is 1.78 bits per heavy atom. The van der Waals surface area contributed by atoms with Crippen molar-refractivity contribution in [2.75, 3.05) is 0 Å². The van der Waals surface area contributed by atoms with Gasteiger partial charge in [0.05, 0.1) is 0 Å². The van der Waals surface area contributed by atoms with E-state index in [0.717, 1.165) is 22.2 Å². The van der Waals surface area contributed by atoms with Gasteiger partial charge in [-0.1, -0.05) is 18.2 Å². The van der Waals surface area contributed by atoms with E-state index in [1.807, 2.05) is 26.8 Å². The van der Waals surface area contributed by atoms with Crippen molar-refractivity contribution in [2.24, 2.45) is 0 Å². The summed E-state index contributed by atoms with van der Waals surface area (Å²) < 4.78 is 0. The molecule has 0 aliphatic heterocycles. The minimum absolute atomic E-state index is 0.0144. The number of aromatic nitrogens is 1. The summed E-state index contributed by atoms with van der Waals surface area (Å²) in [5.41, 5.74) is 8.96. The first-order chi connectivity index (χ1) is 12.7. The van der Waals surface area contributed by atoms with Gasteiger partial charge in [0, 0.05) is 28.2 Å². The lowest BCUT2D eigenvalue weighted by Crippen LogP contribution is -2.30. The monoisotopic (exact) mass is 360 g/mol. The van der Waals surface area contributed by atoms with Gasteiger partial charge in [0.15, 0.2) is 0 Å². The summed E-state index contributed by atoms with van der Waals surface area (Å²) >= 11 is 0. The molecule has 0 aliphatic carbocycles. The van der Waals surface area contributed by atoms with Crippen LogP contribution in [0.2, 0.25) is 0 Å². The SMILES string of the molecule is CC(=Cc1cc(C)c(-c2ccc3[nH]c(C)cc3c2)cc1C)C(=O)NC(C)C. The zero-order chi connectivity index (χ0) is 19.7. The van der Waals surface area contributed by atoms with Gasteiger partial charge >= 0.3 is 0 Å². The Labute approximate surface area is 161 Å². The Morgan fingerprint density at radius 1 is 1.04 bits per heavy atom. The number of carbonyl (C=O) groups is 1. The van der Waals surface area contributed by atoms with Gasteiger partial charge in [-0.3, -0.25) is 4.79 Å². The molecule has 0 radical (unpaired) electrons. The summed E-state index contributed by atoms with van der Waals surface area (Å²) in [5.74, 6) is -0.0144. The van der Waals surface area contributed by atoms with Crippen LogP contribution in [0.5, 0.6) is 0 Å². The summed E-state index contributed by atoms with van der Waals surface area (Å²) in [6.45, 7) is 12.1. The molecule has 0 unspecified atom stereocenters. The average molecular weight is 361 g/mol. The van der Waals surface area contributed by atoms with Crippen LogP contribution in [0, 0.1) is 20.8 Å². The lowest BCUT2D eigenvalue weighted by molar-refractivity contribution is -0.117. The van der Waals surface area contributed by atoms with Crippen molar-refractivity contribution in [2.45, 2.75) is 47.6 Å². The highest BCUT2D eigenvalue weighted by atomic mass is 16.1. The molecule has 1 aromatic heterocycles. The topological polar surface area (TPSA) is 44.9 Å². The molecule has 3 nitrogen and oxygen atoms in total. The molecule has 140 valence electrons. The van der Waals surface area contributed by atoms with Gasteiger partial charge in [-0.05, 0) is 93.6 Å². The van der Waals surface area contributed by atoms with E-state index in [2.05, 4.69) is 67.5 Å². The number of H-pyrrole nitrogens is 1. The molecular formula is C24H28N2O. The molecule has 0 atom stereocenters. The molecule has 0 spiro atoms. The van der Waals surface area contributed by atoms with Crippen LogP contribution in [-0.2, 0) is 4.79 Å². The molecule has 2 aromatic carbocycles. The lowest BCUT2D eigenvalue weighted by atomic mass is 9.93. The lowest BCUT2D eigenvalue weighted by Gasteiger charge is -2.12.